The van der Waals surface area contributed by atoms with Crippen LogP contribution in [0.3, 0.4) is 0 Å². The second-order valence-corrected chi connectivity index (χ2v) is 5.27. The molecule has 0 unspecified atom stereocenters. The number of aliphatic hydroxyl groups is 1. The van der Waals surface area contributed by atoms with Crippen molar-refractivity contribution in [3.63, 3.8) is 0 Å². The molecule has 2 amide bonds. The first-order valence-corrected chi connectivity index (χ1v) is 7.55. The highest BCUT2D eigenvalue weighted by atomic mass is 16.5. The maximum absolute atomic E-state index is 12.4. The molecule has 6 heteroatoms. The molecule has 1 atom stereocenters. The Labute approximate surface area is 130 Å². The maximum atomic E-state index is 12.4. The largest absolute Gasteiger partial charge is 0.380 e. The standard InChI is InChI=1S/C16H22N2O4/c1-2-11-22-12-9-17-14(19)16(21)8-10-18(15(16)20)13-6-4-3-5-7-13/h3-7,21H,2,8-12H2,1H3,(H,17,19)/t16-/m0/s1. The van der Waals surface area contributed by atoms with Gasteiger partial charge in [-0.1, -0.05) is 25.1 Å². The fourth-order valence-electron chi connectivity index (χ4n) is 2.40. The molecule has 0 aromatic heterocycles. The van der Waals surface area contributed by atoms with Crippen molar-refractivity contribution in [2.24, 2.45) is 0 Å². The zero-order chi connectivity index (χ0) is 16.0. The van der Waals surface area contributed by atoms with Gasteiger partial charge in [-0.3, -0.25) is 9.59 Å². The number of benzene rings is 1. The van der Waals surface area contributed by atoms with Crippen LogP contribution in [-0.4, -0.2) is 48.8 Å². The third kappa shape index (κ3) is 3.45. The van der Waals surface area contributed by atoms with E-state index in [0.29, 0.717) is 25.4 Å². The topological polar surface area (TPSA) is 78.9 Å². The highest BCUT2D eigenvalue weighted by Crippen LogP contribution is 2.28. The number of rotatable bonds is 7. The van der Waals surface area contributed by atoms with E-state index in [1.807, 2.05) is 25.1 Å². The van der Waals surface area contributed by atoms with Gasteiger partial charge in [-0.15, -0.1) is 0 Å². The van der Waals surface area contributed by atoms with Crippen molar-refractivity contribution in [1.29, 1.82) is 0 Å². The van der Waals surface area contributed by atoms with E-state index in [2.05, 4.69) is 5.32 Å². The Bertz CT molecular complexity index is 520. The first kappa shape index (κ1) is 16.5. The number of nitrogens with one attached hydrogen (secondary N) is 1. The van der Waals surface area contributed by atoms with Crippen molar-refractivity contribution in [1.82, 2.24) is 5.32 Å². The third-order valence-corrected chi connectivity index (χ3v) is 3.62. The lowest BCUT2D eigenvalue weighted by atomic mass is 10.0. The summed E-state index contributed by atoms with van der Waals surface area (Å²) in [6.07, 6.45) is 0.991. The van der Waals surface area contributed by atoms with Crippen LogP contribution in [0.25, 0.3) is 0 Å². The number of nitrogens with zero attached hydrogens (tertiary/aromatic N) is 1. The summed E-state index contributed by atoms with van der Waals surface area (Å²) < 4.78 is 5.25. The molecule has 6 nitrogen and oxygen atoms in total. The Morgan fingerprint density at radius 1 is 1.36 bits per heavy atom. The lowest BCUT2D eigenvalue weighted by Crippen LogP contribution is -2.53. The van der Waals surface area contributed by atoms with Crippen LogP contribution in [0.2, 0.25) is 0 Å². The third-order valence-electron chi connectivity index (χ3n) is 3.62. The van der Waals surface area contributed by atoms with Gasteiger partial charge < -0.3 is 20.1 Å². The lowest BCUT2D eigenvalue weighted by molar-refractivity contribution is -0.149. The summed E-state index contributed by atoms with van der Waals surface area (Å²) in [6.45, 7) is 3.59. The van der Waals surface area contributed by atoms with Gasteiger partial charge in [0.15, 0.2) is 0 Å². The van der Waals surface area contributed by atoms with Crippen molar-refractivity contribution in [2.45, 2.75) is 25.4 Å². The van der Waals surface area contributed by atoms with Gasteiger partial charge in [-0.25, -0.2) is 0 Å². The smallest absolute Gasteiger partial charge is 0.268 e. The summed E-state index contributed by atoms with van der Waals surface area (Å²) in [4.78, 5) is 25.9. The Morgan fingerprint density at radius 3 is 2.77 bits per heavy atom. The molecule has 2 N–H and O–H groups in total. The van der Waals surface area contributed by atoms with Crippen molar-refractivity contribution in [3.8, 4) is 0 Å². The molecule has 1 heterocycles. The van der Waals surface area contributed by atoms with Gasteiger partial charge >= 0.3 is 0 Å². The number of anilines is 1. The van der Waals surface area contributed by atoms with Crippen LogP contribution < -0.4 is 10.2 Å². The van der Waals surface area contributed by atoms with Gasteiger partial charge in [0.2, 0.25) is 5.60 Å². The van der Waals surface area contributed by atoms with E-state index < -0.39 is 17.4 Å². The Kier molecular flexibility index (Phi) is 5.51. The summed E-state index contributed by atoms with van der Waals surface area (Å²) in [5, 5.41) is 13.0. The van der Waals surface area contributed by atoms with Gasteiger partial charge in [0.1, 0.15) is 0 Å². The minimum Gasteiger partial charge on any atom is -0.380 e. The first-order chi connectivity index (χ1) is 10.6. The molecule has 0 bridgehead atoms. The zero-order valence-electron chi connectivity index (χ0n) is 12.7. The van der Waals surface area contributed by atoms with Crippen LogP contribution in [-0.2, 0) is 14.3 Å². The van der Waals surface area contributed by atoms with E-state index >= 15 is 0 Å². The Balaban J connectivity index is 1.93. The zero-order valence-corrected chi connectivity index (χ0v) is 12.7. The molecule has 1 aromatic carbocycles. The number of hydrogen-bond donors (Lipinski definition) is 2. The average Bonchev–Trinajstić information content (AvgIpc) is 2.85. The fourth-order valence-corrected chi connectivity index (χ4v) is 2.40. The normalized spacial score (nSPS) is 21.2. The number of hydrogen-bond acceptors (Lipinski definition) is 4. The van der Waals surface area contributed by atoms with Crippen molar-refractivity contribution >= 4 is 17.5 Å². The molecule has 0 spiro atoms. The molecule has 1 fully saturated rings. The molecule has 1 aromatic rings. The Morgan fingerprint density at radius 2 is 2.09 bits per heavy atom. The van der Waals surface area contributed by atoms with Gasteiger partial charge in [-0.2, -0.15) is 0 Å². The van der Waals surface area contributed by atoms with Crippen LogP contribution in [0, 0.1) is 0 Å². The quantitative estimate of drug-likeness (QED) is 0.574. The van der Waals surface area contributed by atoms with Gasteiger partial charge in [-0.05, 0) is 18.6 Å². The molecule has 0 radical (unpaired) electrons. The molecule has 2 rings (SSSR count). The molecule has 1 saturated heterocycles. The highest BCUT2D eigenvalue weighted by molar-refractivity contribution is 6.16. The summed E-state index contributed by atoms with van der Waals surface area (Å²) in [7, 11) is 0. The number of carbonyl (C=O) groups excluding carboxylic acids is 2. The van der Waals surface area contributed by atoms with Crippen LogP contribution in [0.4, 0.5) is 5.69 Å². The number of amides is 2. The monoisotopic (exact) mass is 306 g/mol. The molecule has 22 heavy (non-hydrogen) atoms. The van der Waals surface area contributed by atoms with E-state index in [9.17, 15) is 14.7 Å². The summed E-state index contributed by atoms with van der Waals surface area (Å²) in [5.74, 6) is -1.23. The highest BCUT2D eigenvalue weighted by Gasteiger charge is 2.51. The molecule has 120 valence electrons. The minimum atomic E-state index is -1.99. The van der Waals surface area contributed by atoms with Gasteiger partial charge in [0.05, 0.1) is 6.61 Å². The number of para-hydroxylation sites is 1. The minimum absolute atomic E-state index is 0.0857. The number of ether oxygens (including phenoxy) is 1. The molecule has 1 aliphatic heterocycles. The summed E-state index contributed by atoms with van der Waals surface area (Å²) >= 11 is 0. The molecule has 1 aliphatic rings. The first-order valence-electron chi connectivity index (χ1n) is 7.55. The van der Waals surface area contributed by atoms with Gasteiger partial charge in [0, 0.05) is 31.8 Å². The Hall–Kier alpha value is -1.92. The SMILES string of the molecule is CCCOCCNC(=O)[C@@]1(O)CCN(c2ccccc2)C1=O. The molecular formula is C16H22N2O4. The van der Waals surface area contributed by atoms with Gasteiger partial charge in [0.25, 0.3) is 11.8 Å². The van der Waals surface area contributed by atoms with Crippen molar-refractivity contribution < 1.29 is 19.4 Å². The maximum Gasteiger partial charge on any atom is 0.268 e. The van der Waals surface area contributed by atoms with Crippen molar-refractivity contribution in [2.75, 3.05) is 31.2 Å². The van der Waals surface area contributed by atoms with E-state index in [-0.39, 0.29) is 13.0 Å². The second-order valence-electron chi connectivity index (χ2n) is 5.27. The fraction of sp³-hybridized carbons (Fsp3) is 0.500. The number of carbonyl (C=O) groups is 2. The van der Waals surface area contributed by atoms with Crippen LogP contribution >= 0.6 is 0 Å². The predicted octanol–water partition coefficient (Wildman–Crippen LogP) is 0.697. The van der Waals surface area contributed by atoms with E-state index in [0.717, 1.165) is 6.42 Å². The summed E-state index contributed by atoms with van der Waals surface area (Å²) in [5.41, 5.74) is -1.30. The predicted molar refractivity (Wildman–Crippen MR) is 82.5 cm³/mol. The lowest BCUT2D eigenvalue weighted by Gasteiger charge is -2.21. The van der Waals surface area contributed by atoms with E-state index in [1.54, 1.807) is 12.1 Å². The van der Waals surface area contributed by atoms with Crippen LogP contribution in [0.1, 0.15) is 19.8 Å². The average molecular weight is 306 g/mol. The van der Waals surface area contributed by atoms with Crippen LogP contribution in [0.5, 0.6) is 0 Å². The summed E-state index contributed by atoms with van der Waals surface area (Å²) in [6, 6.07) is 9.02. The van der Waals surface area contributed by atoms with E-state index in [1.165, 1.54) is 4.90 Å². The van der Waals surface area contributed by atoms with Crippen LogP contribution in [0.15, 0.2) is 30.3 Å². The molecule has 0 aliphatic carbocycles. The molecule has 0 saturated carbocycles. The second kappa shape index (κ2) is 7.38. The molecular weight excluding hydrogens is 284 g/mol. The van der Waals surface area contributed by atoms with Crippen molar-refractivity contribution in [3.05, 3.63) is 30.3 Å². The van der Waals surface area contributed by atoms with E-state index in [4.69, 9.17) is 4.74 Å².